The Kier molecular flexibility index (Phi) is 4.34. The predicted octanol–water partition coefficient (Wildman–Crippen LogP) is 1.83. The molecule has 1 saturated carbocycles. The van der Waals surface area contributed by atoms with Crippen molar-refractivity contribution >= 4 is 0 Å². The van der Waals surface area contributed by atoms with E-state index in [9.17, 15) is 4.39 Å². The van der Waals surface area contributed by atoms with Crippen molar-refractivity contribution in [1.29, 1.82) is 0 Å². The first-order valence-corrected chi connectivity index (χ1v) is 7.64. The smallest absolute Gasteiger partial charge is 0.127 e. The molecule has 2 fully saturated rings. The van der Waals surface area contributed by atoms with Crippen LogP contribution in [0.4, 0.5) is 4.39 Å². The lowest BCUT2D eigenvalue weighted by Gasteiger charge is -2.34. The summed E-state index contributed by atoms with van der Waals surface area (Å²) in [7, 11) is 1.92. The average molecular weight is 277 g/mol. The summed E-state index contributed by atoms with van der Waals surface area (Å²) in [5.41, 5.74) is 1.98. The Labute approximate surface area is 120 Å². The van der Waals surface area contributed by atoms with Gasteiger partial charge in [0.15, 0.2) is 0 Å². The number of rotatable bonds is 5. The largest absolute Gasteiger partial charge is 0.316 e. The molecule has 1 aromatic carbocycles. The van der Waals surface area contributed by atoms with Crippen LogP contribution in [0, 0.1) is 5.82 Å². The lowest BCUT2D eigenvalue weighted by molar-refractivity contribution is 0.120. The molecule has 0 radical (unpaired) electrons. The Morgan fingerprint density at radius 1 is 1.20 bits per heavy atom. The maximum absolute atomic E-state index is 13.9. The Bertz CT molecular complexity index is 451. The number of nitrogens with zero attached hydrogens (tertiary/aromatic N) is 2. The molecular formula is C16H24FN3. The maximum atomic E-state index is 13.9. The van der Waals surface area contributed by atoms with Crippen LogP contribution in [-0.2, 0) is 13.1 Å². The van der Waals surface area contributed by atoms with Crippen molar-refractivity contribution in [1.82, 2.24) is 15.1 Å². The Morgan fingerprint density at radius 2 is 1.95 bits per heavy atom. The topological polar surface area (TPSA) is 18.5 Å². The van der Waals surface area contributed by atoms with Gasteiger partial charge in [-0.05, 0) is 31.5 Å². The van der Waals surface area contributed by atoms with Crippen molar-refractivity contribution in [2.75, 3.05) is 33.2 Å². The molecule has 0 bridgehead atoms. The molecule has 1 heterocycles. The summed E-state index contributed by atoms with van der Waals surface area (Å²) in [5.74, 6) is -0.0746. The summed E-state index contributed by atoms with van der Waals surface area (Å²) in [6, 6.07) is 6.31. The fourth-order valence-electron chi connectivity index (χ4n) is 3.03. The summed E-state index contributed by atoms with van der Waals surface area (Å²) in [5, 5.41) is 3.12. The molecule has 1 aromatic rings. The van der Waals surface area contributed by atoms with Gasteiger partial charge >= 0.3 is 0 Å². The molecule has 20 heavy (non-hydrogen) atoms. The minimum absolute atomic E-state index is 0.0746. The van der Waals surface area contributed by atoms with E-state index in [1.807, 2.05) is 19.2 Å². The van der Waals surface area contributed by atoms with Crippen molar-refractivity contribution in [3.63, 3.8) is 0 Å². The van der Waals surface area contributed by atoms with E-state index in [2.05, 4.69) is 15.1 Å². The highest BCUT2D eigenvalue weighted by Crippen LogP contribution is 2.27. The van der Waals surface area contributed by atoms with Gasteiger partial charge in [0.05, 0.1) is 0 Å². The quantitative estimate of drug-likeness (QED) is 0.886. The number of piperazine rings is 1. The van der Waals surface area contributed by atoms with Crippen molar-refractivity contribution in [3.8, 4) is 0 Å². The standard InChI is InChI=1S/C16H24FN3/c1-18-11-13-2-5-16(17)14(10-13)12-19-6-8-20(9-7-19)15-3-4-15/h2,5,10,15,18H,3-4,6-9,11-12H2,1H3. The number of halogens is 1. The Morgan fingerprint density at radius 3 is 2.60 bits per heavy atom. The molecule has 4 heteroatoms. The van der Waals surface area contributed by atoms with E-state index in [-0.39, 0.29) is 5.82 Å². The summed E-state index contributed by atoms with van der Waals surface area (Å²) in [4.78, 5) is 4.96. The molecule has 1 aliphatic carbocycles. The van der Waals surface area contributed by atoms with Crippen molar-refractivity contribution in [3.05, 3.63) is 35.1 Å². The van der Waals surface area contributed by atoms with Crippen LogP contribution in [0.3, 0.4) is 0 Å². The van der Waals surface area contributed by atoms with Gasteiger partial charge in [-0.3, -0.25) is 9.80 Å². The van der Waals surface area contributed by atoms with Crippen LogP contribution in [0.15, 0.2) is 18.2 Å². The minimum atomic E-state index is -0.0746. The maximum Gasteiger partial charge on any atom is 0.127 e. The van der Waals surface area contributed by atoms with Crippen LogP contribution < -0.4 is 5.32 Å². The van der Waals surface area contributed by atoms with E-state index in [4.69, 9.17) is 0 Å². The second kappa shape index (κ2) is 6.20. The summed E-state index contributed by atoms with van der Waals surface area (Å²) in [6.07, 6.45) is 2.75. The predicted molar refractivity (Wildman–Crippen MR) is 79.0 cm³/mol. The molecule has 0 spiro atoms. The summed E-state index contributed by atoms with van der Waals surface area (Å²) >= 11 is 0. The van der Waals surface area contributed by atoms with Gasteiger partial charge in [0, 0.05) is 50.9 Å². The van der Waals surface area contributed by atoms with Crippen LogP contribution >= 0.6 is 0 Å². The molecule has 110 valence electrons. The highest BCUT2D eigenvalue weighted by molar-refractivity contribution is 5.25. The van der Waals surface area contributed by atoms with Crippen molar-refractivity contribution in [2.24, 2.45) is 0 Å². The second-order valence-corrected chi connectivity index (χ2v) is 6.00. The van der Waals surface area contributed by atoms with Gasteiger partial charge in [0.25, 0.3) is 0 Å². The molecular weight excluding hydrogens is 253 g/mol. The summed E-state index contributed by atoms with van der Waals surface area (Å²) in [6.45, 7) is 5.94. The fraction of sp³-hybridized carbons (Fsp3) is 0.625. The SMILES string of the molecule is CNCc1ccc(F)c(CN2CCN(C3CC3)CC2)c1. The highest BCUT2D eigenvalue weighted by Gasteiger charge is 2.31. The van der Waals surface area contributed by atoms with E-state index in [0.29, 0.717) is 0 Å². The van der Waals surface area contributed by atoms with E-state index in [1.54, 1.807) is 6.07 Å². The average Bonchev–Trinajstić information content (AvgIpc) is 3.28. The van der Waals surface area contributed by atoms with Crippen molar-refractivity contribution < 1.29 is 4.39 Å². The third kappa shape index (κ3) is 3.37. The van der Waals surface area contributed by atoms with Crippen LogP contribution in [-0.4, -0.2) is 49.1 Å². The Balaban J connectivity index is 1.58. The van der Waals surface area contributed by atoms with Gasteiger partial charge in [-0.25, -0.2) is 4.39 Å². The molecule has 0 aromatic heterocycles. The van der Waals surface area contributed by atoms with Gasteiger partial charge in [0.2, 0.25) is 0 Å². The normalized spacial score (nSPS) is 21.3. The zero-order chi connectivity index (χ0) is 13.9. The third-order valence-corrected chi connectivity index (χ3v) is 4.36. The molecule has 2 aliphatic rings. The first-order chi connectivity index (χ1) is 9.76. The van der Waals surface area contributed by atoms with Gasteiger partial charge in [-0.1, -0.05) is 12.1 Å². The van der Waals surface area contributed by atoms with Crippen LogP contribution in [0.1, 0.15) is 24.0 Å². The zero-order valence-corrected chi connectivity index (χ0v) is 12.2. The highest BCUT2D eigenvalue weighted by atomic mass is 19.1. The Hall–Kier alpha value is -0.970. The molecule has 1 N–H and O–H groups in total. The summed E-state index contributed by atoms with van der Waals surface area (Å²) < 4.78 is 13.9. The monoisotopic (exact) mass is 277 g/mol. The number of nitrogens with one attached hydrogen (secondary N) is 1. The lowest BCUT2D eigenvalue weighted by Crippen LogP contribution is -2.46. The number of benzene rings is 1. The number of hydrogen-bond acceptors (Lipinski definition) is 3. The molecule has 0 atom stereocenters. The van der Waals surface area contributed by atoms with Gasteiger partial charge < -0.3 is 5.32 Å². The van der Waals surface area contributed by atoms with E-state index in [0.717, 1.165) is 56.4 Å². The van der Waals surface area contributed by atoms with E-state index < -0.39 is 0 Å². The van der Waals surface area contributed by atoms with Gasteiger partial charge in [0.1, 0.15) is 5.82 Å². The van der Waals surface area contributed by atoms with Crippen molar-refractivity contribution in [2.45, 2.75) is 32.0 Å². The van der Waals surface area contributed by atoms with Crippen LogP contribution in [0.5, 0.6) is 0 Å². The van der Waals surface area contributed by atoms with Crippen LogP contribution in [0.25, 0.3) is 0 Å². The molecule has 0 unspecified atom stereocenters. The van der Waals surface area contributed by atoms with E-state index >= 15 is 0 Å². The molecule has 3 rings (SSSR count). The fourth-order valence-corrected chi connectivity index (χ4v) is 3.03. The van der Waals surface area contributed by atoms with Gasteiger partial charge in [-0.2, -0.15) is 0 Å². The zero-order valence-electron chi connectivity index (χ0n) is 12.2. The van der Waals surface area contributed by atoms with Crippen LogP contribution in [0.2, 0.25) is 0 Å². The van der Waals surface area contributed by atoms with Gasteiger partial charge in [-0.15, -0.1) is 0 Å². The molecule has 3 nitrogen and oxygen atoms in total. The molecule has 0 amide bonds. The third-order valence-electron chi connectivity index (χ3n) is 4.36. The molecule has 1 aliphatic heterocycles. The minimum Gasteiger partial charge on any atom is -0.316 e. The number of hydrogen-bond donors (Lipinski definition) is 1. The van der Waals surface area contributed by atoms with E-state index in [1.165, 1.54) is 12.8 Å². The first-order valence-electron chi connectivity index (χ1n) is 7.64. The lowest BCUT2D eigenvalue weighted by atomic mass is 10.1. The molecule has 1 saturated heterocycles. The first kappa shape index (κ1) is 14.0. The second-order valence-electron chi connectivity index (χ2n) is 6.00.